The first kappa shape index (κ1) is 13.2. The number of hydrogen-bond donors (Lipinski definition) is 0. The van der Waals surface area contributed by atoms with Crippen LogP contribution in [0.4, 0.5) is 4.39 Å². The van der Waals surface area contributed by atoms with Crippen molar-refractivity contribution in [1.29, 1.82) is 0 Å². The third-order valence-corrected chi connectivity index (χ3v) is 3.59. The van der Waals surface area contributed by atoms with E-state index in [0.717, 1.165) is 11.1 Å². The molecule has 0 bridgehead atoms. The van der Waals surface area contributed by atoms with Gasteiger partial charge in [-0.25, -0.2) is 4.39 Å². The van der Waals surface area contributed by atoms with Gasteiger partial charge >= 0.3 is 0 Å². The zero-order valence-electron chi connectivity index (χ0n) is 9.20. The van der Waals surface area contributed by atoms with E-state index in [9.17, 15) is 4.39 Å². The molecule has 3 heteroatoms. The van der Waals surface area contributed by atoms with Crippen molar-refractivity contribution >= 4 is 31.9 Å². The fraction of sp³-hybridized carbons (Fsp3) is 0.500. The molecule has 84 valence electrons. The third-order valence-electron chi connectivity index (χ3n) is 2.38. The van der Waals surface area contributed by atoms with Crippen molar-refractivity contribution in [3.8, 4) is 0 Å². The van der Waals surface area contributed by atoms with Crippen LogP contribution < -0.4 is 0 Å². The normalized spacial score (nSPS) is 11.9. The molecule has 0 saturated carbocycles. The van der Waals surface area contributed by atoms with Gasteiger partial charge in [-0.15, -0.1) is 0 Å². The predicted molar refractivity (Wildman–Crippen MR) is 70.4 cm³/mol. The Morgan fingerprint density at radius 3 is 1.73 bits per heavy atom. The molecule has 1 aromatic carbocycles. The molecule has 0 amide bonds. The molecule has 0 aliphatic rings. The Labute approximate surface area is 108 Å². The van der Waals surface area contributed by atoms with Crippen LogP contribution in [0.2, 0.25) is 0 Å². The molecule has 1 aromatic rings. The van der Waals surface area contributed by atoms with Crippen LogP contribution in [0.25, 0.3) is 0 Å². The maximum absolute atomic E-state index is 13.8. The molecule has 1 rings (SSSR count). The van der Waals surface area contributed by atoms with E-state index in [2.05, 4.69) is 52.6 Å². The zero-order valence-corrected chi connectivity index (χ0v) is 12.4. The third kappa shape index (κ3) is 3.04. The monoisotopic (exact) mass is 336 g/mol. The van der Waals surface area contributed by atoms with Crippen LogP contribution >= 0.6 is 31.9 Å². The van der Waals surface area contributed by atoms with Crippen molar-refractivity contribution in [3.05, 3.63) is 34.6 Å². The molecular formula is C12H15Br2F. The zero-order chi connectivity index (χ0) is 11.6. The number of alkyl halides is 2. The summed E-state index contributed by atoms with van der Waals surface area (Å²) in [5.74, 6) is -0.100. The van der Waals surface area contributed by atoms with Crippen LogP contribution in [0, 0.1) is 5.82 Å². The Hall–Kier alpha value is 0.110. The molecule has 15 heavy (non-hydrogen) atoms. The highest BCUT2D eigenvalue weighted by atomic mass is 79.9. The maximum atomic E-state index is 13.8. The molecular weight excluding hydrogens is 323 g/mol. The van der Waals surface area contributed by atoms with Gasteiger partial charge in [0.1, 0.15) is 5.82 Å². The van der Waals surface area contributed by atoms with Gasteiger partial charge in [0.15, 0.2) is 0 Å². The lowest BCUT2D eigenvalue weighted by atomic mass is 9.85. The Bertz CT molecular complexity index is 328. The van der Waals surface area contributed by atoms with E-state index in [4.69, 9.17) is 0 Å². The minimum Gasteiger partial charge on any atom is -0.206 e. The first-order valence-electron chi connectivity index (χ1n) is 4.84. The van der Waals surface area contributed by atoms with Gasteiger partial charge in [-0.3, -0.25) is 0 Å². The summed E-state index contributed by atoms with van der Waals surface area (Å²) < 4.78 is 13.8. The summed E-state index contributed by atoms with van der Waals surface area (Å²) in [6.07, 6.45) is 0. The van der Waals surface area contributed by atoms with Crippen molar-refractivity contribution in [3.63, 3.8) is 0 Å². The largest absolute Gasteiger partial charge is 0.206 e. The number of halogens is 3. The summed E-state index contributed by atoms with van der Waals surface area (Å²) in [4.78, 5) is 0. The van der Waals surface area contributed by atoms with Crippen LogP contribution in [0.1, 0.15) is 37.5 Å². The van der Waals surface area contributed by atoms with Crippen molar-refractivity contribution in [2.45, 2.75) is 36.8 Å². The molecule has 0 spiro atoms. The lowest BCUT2D eigenvalue weighted by Gasteiger charge is -2.21. The van der Waals surface area contributed by atoms with Crippen LogP contribution in [0.15, 0.2) is 12.1 Å². The summed E-state index contributed by atoms with van der Waals surface area (Å²) in [6.45, 7) is 6.41. The summed E-state index contributed by atoms with van der Waals surface area (Å²) in [5, 5.41) is 1.12. The maximum Gasteiger partial charge on any atom is 0.131 e. The van der Waals surface area contributed by atoms with Gasteiger partial charge in [0.25, 0.3) is 0 Å². The first-order valence-corrected chi connectivity index (χ1v) is 7.08. The van der Waals surface area contributed by atoms with E-state index in [1.54, 1.807) is 0 Å². The Kier molecular flexibility index (Phi) is 4.36. The van der Waals surface area contributed by atoms with E-state index in [1.807, 2.05) is 12.1 Å². The second-order valence-electron chi connectivity index (χ2n) is 4.63. The highest BCUT2D eigenvalue weighted by Gasteiger charge is 2.18. The number of rotatable bonds is 2. The average molecular weight is 338 g/mol. The smallest absolute Gasteiger partial charge is 0.131 e. The highest BCUT2D eigenvalue weighted by molar-refractivity contribution is 9.08. The first-order chi connectivity index (χ1) is 6.90. The molecule has 0 aliphatic heterocycles. The SMILES string of the molecule is CC(C)(C)c1cc(CBr)c(F)c(CBr)c1. The molecule has 0 nitrogen and oxygen atoms in total. The van der Waals surface area contributed by atoms with Crippen LogP contribution in [0.3, 0.4) is 0 Å². The minimum atomic E-state index is -0.100. The van der Waals surface area contributed by atoms with Crippen LogP contribution in [0.5, 0.6) is 0 Å². The van der Waals surface area contributed by atoms with Gasteiger partial charge in [0, 0.05) is 10.7 Å². The van der Waals surface area contributed by atoms with Crippen LogP contribution in [-0.4, -0.2) is 0 Å². The summed E-state index contributed by atoms with van der Waals surface area (Å²) >= 11 is 6.63. The Morgan fingerprint density at radius 1 is 1.07 bits per heavy atom. The quantitative estimate of drug-likeness (QED) is 0.672. The van der Waals surface area contributed by atoms with E-state index >= 15 is 0 Å². The molecule has 0 heterocycles. The van der Waals surface area contributed by atoms with Crippen molar-refractivity contribution in [2.24, 2.45) is 0 Å². The summed E-state index contributed by atoms with van der Waals surface area (Å²) in [6, 6.07) is 3.88. The molecule has 0 radical (unpaired) electrons. The molecule has 0 unspecified atom stereocenters. The van der Waals surface area contributed by atoms with Gasteiger partial charge < -0.3 is 0 Å². The molecule has 0 atom stereocenters. The second kappa shape index (κ2) is 4.96. The molecule has 0 aromatic heterocycles. The molecule has 0 aliphatic carbocycles. The van der Waals surface area contributed by atoms with E-state index in [0.29, 0.717) is 10.7 Å². The van der Waals surface area contributed by atoms with E-state index in [1.165, 1.54) is 5.56 Å². The van der Waals surface area contributed by atoms with Gasteiger partial charge in [-0.1, -0.05) is 64.8 Å². The van der Waals surface area contributed by atoms with E-state index in [-0.39, 0.29) is 11.2 Å². The molecule has 0 saturated heterocycles. The molecule has 0 N–H and O–H groups in total. The van der Waals surface area contributed by atoms with Gasteiger partial charge in [-0.2, -0.15) is 0 Å². The Morgan fingerprint density at radius 2 is 1.47 bits per heavy atom. The average Bonchev–Trinajstić information content (AvgIpc) is 2.16. The van der Waals surface area contributed by atoms with Crippen LogP contribution in [-0.2, 0) is 16.1 Å². The van der Waals surface area contributed by atoms with Gasteiger partial charge in [-0.05, 0) is 22.1 Å². The summed E-state index contributed by atoms with van der Waals surface area (Å²) in [7, 11) is 0. The topological polar surface area (TPSA) is 0 Å². The fourth-order valence-electron chi connectivity index (χ4n) is 1.38. The summed E-state index contributed by atoms with van der Waals surface area (Å²) in [5.41, 5.74) is 2.70. The highest BCUT2D eigenvalue weighted by Crippen LogP contribution is 2.28. The minimum absolute atomic E-state index is 0.0571. The van der Waals surface area contributed by atoms with Crippen molar-refractivity contribution in [1.82, 2.24) is 0 Å². The Balaban J connectivity index is 3.33. The number of hydrogen-bond acceptors (Lipinski definition) is 0. The number of benzene rings is 1. The van der Waals surface area contributed by atoms with Gasteiger partial charge in [0.2, 0.25) is 0 Å². The fourth-order valence-corrected chi connectivity index (χ4v) is 2.19. The second-order valence-corrected chi connectivity index (χ2v) is 5.75. The standard InChI is InChI=1S/C12H15Br2F/c1-12(2,3)10-4-8(6-13)11(15)9(5-10)7-14/h4-5H,6-7H2,1-3H3. The molecule has 0 fully saturated rings. The van der Waals surface area contributed by atoms with E-state index < -0.39 is 0 Å². The lowest BCUT2D eigenvalue weighted by Crippen LogP contribution is -2.13. The van der Waals surface area contributed by atoms with Gasteiger partial charge in [0.05, 0.1) is 0 Å². The lowest BCUT2D eigenvalue weighted by molar-refractivity contribution is 0.574. The van der Waals surface area contributed by atoms with Crippen molar-refractivity contribution in [2.75, 3.05) is 0 Å². The predicted octanol–water partition coefficient (Wildman–Crippen LogP) is 4.91. The van der Waals surface area contributed by atoms with Crippen molar-refractivity contribution < 1.29 is 4.39 Å².